The van der Waals surface area contributed by atoms with E-state index in [0.29, 0.717) is 0 Å². The number of hydrogen-bond donors (Lipinski definition) is 0. The van der Waals surface area contributed by atoms with Gasteiger partial charge in [0.15, 0.2) is 0 Å². The molecule has 0 radical (unpaired) electrons. The standard InChI is InChI=1S/C13H18F2N2O2/c1-4-17(7-8-19-3)12(18)13(14,15)11-6-5-10(2)9-16-11/h5-6,9H,4,7-8H2,1-3H3. The Bertz CT molecular complexity index is 421. The number of rotatable bonds is 6. The first-order valence-electron chi connectivity index (χ1n) is 6.02. The van der Waals surface area contributed by atoms with Gasteiger partial charge < -0.3 is 9.64 Å². The third-order valence-electron chi connectivity index (χ3n) is 2.74. The molecule has 1 aromatic rings. The van der Waals surface area contributed by atoms with Gasteiger partial charge in [-0.2, -0.15) is 8.78 Å². The number of ether oxygens (including phenoxy) is 1. The summed E-state index contributed by atoms with van der Waals surface area (Å²) in [6.45, 7) is 3.94. The third kappa shape index (κ3) is 3.70. The van der Waals surface area contributed by atoms with Gasteiger partial charge in [0, 0.05) is 26.4 Å². The highest BCUT2D eigenvalue weighted by atomic mass is 19.3. The van der Waals surface area contributed by atoms with Gasteiger partial charge in [0.05, 0.1) is 6.61 Å². The minimum absolute atomic E-state index is 0.132. The minimum atomic E-state index is -3.61. The summed E-state index contributed by atoms with van der Waals surface area (Å²) in [5, 5.41) is 0. The van der Waals surface area contributed by atoms with Crippen LogP contribution in [0.2, 0.25) is 0 Å². The van der Waals surface area contributed by atoms with Gasteiger partial charge in [-0.3, -0.25) is 9.78 Å². The summed E-state index contributed by atoms with van der Waals surface area (Å²) in [7, 11) is 1.46. The number of hydrogen-bond acceptors (Lipinski definition) is 3. The summed E-state index contributed by atoms with van der Waals surface area (Å²) in [5.41, 5.74) is 0.234. The third-order valence-corrected chi connectivity index (χ3v) is 2.74. The van der Waals surface area contributed by atoms with E-state index in [1.807, 2.05) is 0 Å². The normalized spacial score (nSPS) is 11.4. The zero-order valence-electron chi connectivity index (χ0n) is 11.3. The second kappa shape index (κ2) is 6.56. The molecule has 4 nitrogen and oxygen atoms in total. The Morgan fingerprint density at radius 1 is 1.47 bits per heavy atom. The van der Waals surface area contributed by atoms with Crippen molar-refractivity contribution in [3.05, 3.63) is 29.6 Å². The Balaban J connectivity index is 2.90. The van der Waals surface area contributed by atoms with Crippen molar-refractivity contribution >= 4 is 5.91 Å². The average Bonchev–Trinajstić information content (AvgIpc) is 2.39. The molecule has 0 saturated heterocycles. The van der Waals surface area contributed by atoms with Crippen molar-refractivity contribution in [2.45, 2.75) is 19.8 Å². The summed E-state index contributed by atoms with van der Waals surface area (Å²) in [5.74, 6) is -4.86. The summed E-state index contributed by atoms with van der Waals surface area (Å²) >= 11 is 0. The molecule has 0 saturated carbocycles. The van der Waals surface area contributed by atoms with Crippen molar-refractivity contribution in [3.8, 4) is 0 Å². The zero-order chi connectivity index (χ0) is 14.5. The summed E-state index contributed by atoms with van der Waals surface area (Å²) in [6.07, 6.45) is 1.32. The van der Waals surface area contributed by atoms with E-state index in [1.54, 1.807) is 13.8 Å². The van der Waals surface area contributed by atoms with Crippen molar-refractivity contribution in [2.75, 3.05) is 26.8 Å². The van der Waals surface area contributed by atoms with Gasteiger partial charge in [0.2, 0.25) is 0 Å². The van der Waals surface area contributed by atoms with Gasteiger partial charge in [0.1, 0.15) is 5.69 Å². The van der Waals surface area contributed by atoms with Gasteiger partial charge in [-0.15, -0.1) is 0 Å². The fraction of sp³-hybridized carbons (Fsp3) is 0.538. The van der Waals surface area contributed by atoms with Crippen LogP contribution in [0.5, 0.6) is 0 Å². The van der Waals surface area contributed by atoms with Gasteiger partial charge in [0.25, 0.3) is 5.91 Å². The maximum Gasteiger partial charge on any atom is 0.366 e. The van der Waals surface area contributed by atoms with Crippen molar-refractivity contribution in [1.29, 1.82) is 0 Å². The smallest absolute Gasteiger partial charge is 0.366 e. The van der Waals surface area contributed by atoms with E-state index in [9.17, 15) is 13.6 Å². The molecule has 1 aromatic heterocycles. The molecule has 0 bridgehead atoms. The van der Waals surface area contributed by atoms with Crippen molar-refractivity contribution in [2.24, 2.45) is 0 Å². The lowest BCUT2D eigenvalue weighted by Gasteiger charge is -2.25. The second-order valence-corrected chi connectivity index (χ2v) is 4.17. The molecule has 1 amide bonds. The molecule has 1 heterocycles. The zero-order valence-corrected chi connectivity index (χ0v) is 11.3. The highest BCUT2D eigenvalue weighted by Crippen LogP contribution is 2.28. The molecule has 0 fully saturated rings. The first kappa shape index (κ1) is 15.5. The van der Waals surface area contributed by atoms with Gasteiger partial charge in [-0.05, 0) is 25.5 Å². The fourth-order valence-electron chi connectivity index (χ4n) is 1.57. The molecule has 0 aliphatic carbocycles. The SMILES string of the molecule is CCN(CCOC)C(=O)C(F)(F)c1ccc(C)cn1. The van der Waals surface area contributed by atoms with Crippen LogP contribution in [-0.2, 0) is 15.5 Å². The molecular formula is C13H18F2N2O2. The molecule has 0 N–H and O–H groups in total. The molecule has 6 heteroatoms. The number of pyridine rings is 1. The molecule has 0 unspecified atom stereocenters. The van der Waals surface area contributed by atoms with Crippen LogP contribution in [0.4, 0.5) is 8.78 Å². The molecule has 1 rings (SSSR count). The Labute approximate surface area is 111 Å². The van der Waals surface area contributed by atoms with E-state index in [0.717, 1.165) is 10.5 Å². The first-order valence-corrected chi connectivity index (χ1v) is 6.02. The maximum absolute atomic E-state index is 14.1. The van der Waals surface area contributed by atoms with Crippen molar-refractivity contribution in [3.63, 3.8) is 0 Å². The lowest BCUT2D eigenvalue weighted by molar-refractivity contribution is -0.160. The van der Waals surface area contributed by atoms with E-state index >= 15 is 0 Å². The van der Waals surface area contributed by atoms with Crippen LogP contribution in [0.3, 0.4) is 0 Å². The second-order valence-electron chi connectivity index (χ2n) is 4.17. The summed E-state index contributed by atoms with van der Waals surface area (Å²) < 4.78 is 32.9. The van der Waals surface area contributed by atoms with E-state index in [-0.39, 0.29) is 19.7 Å². The lowest BCUT2D eigenvalue weighted by atomic mass is 10.1. The van der Waals surface area contributed by atoms with Crippen LogP contribution < -0.4 is 0 Å². The predicted molar refractivity (Wildman–Crippen MR) is 67.0 cm³/mol. The minimum Gasteiger partial charge on any atom is -0.383 e. The van der Waals surface area contributed by atoms with Crippen LogP contribution in [0, 0.1) is 6.92 Å². The van der Waals surface area contributed by atoms with Crippen molar-refractivity contribution in [1.82, 2.24) is 9.88 Å². The van der Waals surface area contributed by atoms with Crippen LogP contribution in [-0.4, -0.2) is 42.6 Å². The number of halogens is 2. The molecule has 106 valence electrons. The monoisotopic (exact) mass is 272 g/mol. The average molecular weight is 272 g/mol. The van der Waals surface area contributed by atoms with Crippen LogP contribution in [0.15, 0.2) is 18.3 Å². The Morgan fingerprint density at radius 3 is 2.63 bits per heavy atom. The molecule has 0 atom stereocenters. The highest BCUT2D eigenvalue weighted by molar-refractivity contribution is 5.84. The van der Waals surface area contributed by atoms with E-state index in [1.165, 1.54) is 25.4 Å². The largest absolute Gasteiger partial charge is 0.383 e. The van der Waals surface area contributed by atoms with Crippen LogP contribution in [0.25, 0.3) is 0 Å². The number of carbonyl (C=O) groups excluding carboxylic acids is 1. The number of aromatic nitrogens is 1. The summed E-state index contributed by atoms with van der Waals surface area (Å²) in [6, 6.07) is 2.69. The quantitative estimate of drug-likeness (QED) is 0.795. The molecular weight excluding hydrogens is 254 g/mol. The molecule has 0 spiro atoms. The number of methoxy groups -OCH3 is 1. The van der Waals surface area contributed by atoms with E-state index in [2.05, 4.69) is 4.98 Å². The fourth-order valence-corrected chi connectivity index (χ4v) is 1.57. The van der Waals surface area contributed by atoms with Crippen molar-refractivity contribution < 1.29 is 18.3 Å². The number of carbonyl (C=O) groups is 1. The summed E-state index contributed by atoms with van der Waals surface area (Å²) in [4.78, 5) is 16.6. The maximum atomic E-state index is 14.1. The molecule has 0 aliphatic rings. The number of nitrogens with zero attached hydrogens (tertiary/aromatic N) is 2. The van der Waals surface area contributed by atoms with Crippen LogP contribution >= 0.6 is 0 Å². The highest BCUT2D eigenvalue weighted by Gasteiger charge is 2.44. The topological polar surface area (TPSA) is 42.4 Å². The van der Waals surface area contributed by atoms with E-state index < -0.39 is 17.5 Å². The molecule has 19 heavy (non-hydrogen) atoms. The Hall–Kier alpha value is -1.56. The number of amides is 1. The van der Waals surface area contributed by atoms with E-state index in [4.69, 9.17) is 4.74 Å². The molecule has 0 aliphatic heterocycles. The van der Waals surface area contributed by atoms with Gasteiger partial charge in [-0.1, -0.05) is 6.07 Å². The number of aryl methyl sites for hydroxylation is 1. The van der Waals surface area contributed by atoms with Crippen LogP contribution in [0.1, 0.15) is 18.2 Å². The first-order chi connectivity index (χ1) is 8.93. The van der Waals surface area contributed by atoms with Gasteiger partial charge >= 0.3 is 5.92 Å². The number of likely N-dealkylation sites (N-methyl/N-ethyl adjacent to an activating group) is 1. The number of alkyl halides is 2. The lowest BCUT2D eigenvalue weighted by Crippen LogP contribution is -2.43. The predicted octanol–water partition coefficient (Wildman–Crippen LogP) is 1.98. The van der Waals surface area contributed by atoms with Gasteiger partial charge in [-0.25, -0.2) is 0 Å². The molecule has 0 aromatic carbocycles. The Kier molecular flexibility index (Phi) is 5.35. The Morgan fingerprint density at radius 2 is 2.16 bits per heavy atom.